The van der Waals surface area contributed by atoms with Crippen LogP contribution in [0.25, 0.3) is 0 Å². The lowest BCUT2D eigenvalue weighted by molar-refractivity contribution is -0.128. The third-order valence-corrected chi connectivity index (χ3v) is 10.0. The first-order chi connectivity index (χ1) is 20.3. The summed E-state index contributed by atoms with van der Waals surface area (Å²) in [5, 5.41) is 7.55. The summed E-state index contributed by atoms with van der Waals surface area (Å²) in [6.45, 7) is 2.86. The van der Waals surface area contributed by atoms with Gasteiger partial charge in [-0.2, -0.15) is 0 Å². The number of rotatable bonds is 6. The Hall–Kier alpha value is -2.97. The summed E-state index contributed by atoms with van der Waals surface area (Å²) >= 11 is 12.7. The van der Waals surface area contributed by atoms with E-state index in [1.807, 2.05) is 24.3 Å². The summed E-state index contributed by atoms with van der Waals surface area (Å²) in [6, 6.07) is 17.8. The predicted molar refractivity (Wildman–Crippen MR) is 160 cm³/mol. The molecule has 3 heterocycles. The van der Waals surface area contributed by atoms with E-state index in [4.69, 9.17) is 27.9 Å². The second-order valence-electron chi connectivity index (χ2n) is 11.9. The van der Waals surface area contributed by atoms with Crippen molar-refractivity contribution in [3.05, 3.63) is 98.8 Å². The van der Waals surface area contributed by atoms with Crippen LogP contribution in [-0.4, -0.2) is 42.0 Å². The molecule has 3 fully saturated rings. The number of hydrogen-bond acceptors (Lipinski definition) is 5. The monoisotopic (exact) mass is 607 g/mol. The Balaban J connectivity index is 1.35. The Morgan fingerprint density at radius 3 is 2.60 bits per heavy atom. The highest BCUT2D eigenvalue weighted by molar-refractivity contribution is 6.31. The Bertz CT molecular complexity index is 1560. The fourth-order valence-electron chi connectivity index (χ4n) is 7.56. The SMILES string of the molecule is CCOC(=O)c1ccc([C@H]2CC[C@H]3[C@@H](N2)[C@H](c2cccc(Cl)c2F)[C@]2(C(=O)Nc4cc(Cl)ccc42)N3CC2CC2)cc1. The molecule has 1 saturated carbocycles. The van der Waals surface area contributed by atoms with Gasteiger partial charge >= 0.3 is 5.97 Å². The van der Waals surface area contributed by atoms with Crippen molar-refractivity contribution in [1.82, 2.24) is 10.2 Å². The normalized spacial score (nSPS) is 28.4. The number of carbonyl (C=O) groups is 2. The van der Waals surface area contributed by atoms with Gasteiger partial charge in [0.2, 0.25) is 5.91 Å². The van der Waals surface area contributed by atoms with Gasteiger partial charge in [-0.15, -0.1) is 0 Å². The second kappa shape index (κ2) is 10.6. The van der Waals surface area contributed by atoms with Gasteiger partial charge in [0.25, 0.3) is 0 Å². The highest BCUT2D eigenvalue weighted by Crippen LogP contribution is 2.60. The summed E-state index contributed by atoms with van der Waals surface area (Å²) in [6.07, 6.45) is 3.90. The van der Waals surface area contributed by atoms with E-state index in [0.717, 1.165) is 43.4 Å². The molecule has 9 heteroatoms. The maximum Gasteiger partial charge on any atom is 0.338 e. The average Bonchev–Trinajstić information content (AvgIpc) is 3.71. The molecular weight excluding hydrogens is 576 g/mol. The van der Waals surface area contributed by atoms with Crippen LogP contribution in [0.15, 0.2) is 60.7 Å². The van der Waals surface area contributed by atoms with E-state index in [-0.39, 0.29) is 35.0 Å². The van der Waals surface area contributed by atoms with Crippen molar-refractivity contribution in [3.8, 4) is 0 Å². The minimum atomic E-state index is -1.13. The lowest BCUT2D eigenvalue weighted by Gasteiger charge is -2.40. The molecule has 218 valence electrons. The smallest absolute Gasteiger partial charge is 0.338 e. The molecule has 1 amide bonds. The third-order valence-electron chi connectivity index (χ3n) is 9.50. The van der Waals surface area contributed by atoms with Crippen molar-refractivity contribution in [3.63, 3.8) is 0 Å². The van der Waals surface area contributed by atoms with Crippen LogP contribution in [0, 0.1) is 11.7 Å². The van der Waals surface area contributed by atoms with Crippen LogP contribution in [0.5, 0.6) is 0 Å². The van der Waals surface area contributed by atoms with Crippen molar-refractivity contribution >= 4 is 40.8 Å². The zero-order valence-corrected chi connectivity index (χ0v) is 24.7. The van der Waals surface area contributed by atoms with E-state index in [2.05, 4.69) is 15.5 Å². The molecule has 3 aliphatic heterocycles. The summed E-state index contributed by atoms with van der Waals surface area (Å²) in [4.78, 5) is 29.0. The van der Waals surface area contributed by atoms with Crippen molar-refractivity contribution in [2.24, 2.45) is 5.92 Å². The fraction of sp³-hybridized carbons (Fsp3) is 0.394. The van der Waals surface area contributed by atoms with E-state index >= 15 is 4.39 Å². The molecule has 3 aromatic rings. The van der Waals surface area contributed by atoms with Gasteiger partial charge < -0.3 is 15.4 Å². The molecule has 7 rings (SSSR count). The molecule has 1 spiro atoms. The maximum atomic E-state index is 16.0. The second-order valence-corrected chi connectivity index (χ2v) is 12.7. The van der Waals surface area contributed by atoms with E-state index in [1.165, 1.54) is 0 Å². The number of piperidine rings is 1. The maximum absolute atomic E-state index is 16.0. The number of anilines is 1. The molecule has 6 nitrogen and oxygen atoms in total. The highest BCUT2D eigenvalue weighted by Gasteiger charge is 2.68. The molecule has 5 atom stereocenters. The number of amides is 1. The molecule has 0 radical (unpaired) electrons. The Morgan fingerprint density at radius 2 is 1.86 bits per heavy atom. The largest absolute Gasteiger partial charge is 0.462 e. The molecule has 2 saturated heterocycles. The molecule has 0 aromatic heterocycles. The minimum Gasteiger partial charge on any atom is -0.462 e. The van der Waals surface area contributed by atoms with E-state index in [0.29, 0.717) is 34.4 Å². The van der Waals surface area contributed by atoms with Crippen LogP contribution in [0.2, 0.25) is 10.0 Å². The quantitative estimate of drug-likeness (QED) is 0.301. The van der Waals surface area contributed by atoms with Crippen LogP contribution >= 0.6 is 23.2 Å². The number of halogens is 3. The topological polar surface area (TPSA) is 70.7 Å². The number of hydrogen-bond donors (Lipinski definition) is 2. The number of likely N-dealkylation sites (tertiary alicyclic amines) is 1. The first kappa shape index (κ1) is 27.8. The first-order valence-corrected chi connectivity index (χ1v) is 15.4. The molecular formula is C33H32Cl2FN3O3. The van der Waals surface area contributed by atoms with Gasteiger partial charge in [0.1, 0.15) is 11.4 Å². The molecule has 4 aliphatic rings. The van der Waals surface area contributed by atoms with Gasteiger partial charge in [-0.25, -0.2) is 9.18 Å². The van der Waals surface area contributed by atoms with E-state index < -0.39 is 17.3 Å². The van der Waals surface area contributed by atoms with Crippen LogP contribution < -0.4 is 10.6 Å². The van der Waals surface area contributed by atoms with Crippen molar-refractivity contribution < 1.29 is 18.7 Å². The molecule has 3 aromatic carbocycles. The fourth-order valence-corrected chi connectivity index (χ4v) is 7.92. The number of benzene rings is 3. The van der Waals surface area contributed by atoms with Gasteiger partial charge in [-0.3, -0.25) is 9.69 Å². The lowest BCUT2D eigenvalue weighted by Crippen LogP contribution is -2.53. The molecule has 1 aliphatic carbocycles. The zero-order chi connectivity index (χ0) is 29.2. The summed E-state index contributed by atoms with van der Waals surface area (Å²) in [7, 11) is 0. The van der Waals surface area contributed by atoms with Crippen LogP contribution in [0.3, 0.4) is 0 Å². The Labute approximate surface area is 254 Å². The summed E-state index contributed by atoms with van der Waals surface area (Å²) in [5.41, 5.74) is 2.34. The van der Waals surface area contributed by atoms with E-state index in [9.17, 15) is 9.59 Å². The number of carbonyl (C=O) groups excluding carboxylic acids is 2. The lowest BCUT2D eigenvalue weighted by atomic mass is 9.72. The number of ether oxygens (including phenoxy) is 1. The molecule has 0 bridgehead atoms. The number of esters is 1. The Morgan fingerprint density at radius 1 is 1.07 bits per heavy atom. The van der Waals surface area contributed by atoms with Crippen LogP contribution in [0.1, 0.15) is 71.6 Å². The van der Waals surface area contributed by atoms with Crippen LogP contribution in [-0.2, 0) is 15.1 Å². The van der Waals surface area contributed by atoms with Gasteiger partial charge in [-0.05, 0) is 80.0 Å². The van der Waals surface area contributed by atoms with Gasteiger partial charge in [-0.1, -0.05) is 53.5 Å². The van der Waals surface area contributed by atoms with Crippen molar-refractivity contribution in [1.29, 1.82) is 0 Å². The molecule has 42 heavy (non-hydrogen) atoms. The standard InChI is InChI=1S/C33H32Cl2FN3O3/c1-2-42-31(40)20-10-8-19(9-11-20)25-14-15-27-30(37-25)28(22-4-3-5-24(35)29(22)36)33(39(27)17-18-6-7-18)23-13-12-21(34)16-26(23)38-32(33)41/h3-5,8-13,16,18,25,27-28,30,37H,2,6-7,14-15,17H2,1H3,(H,38,41)/t25-,27+,28+,30-,33-/m1/s1. The summed E-state index contributed by atoms with van der Waals surface area (Å²) in [5.74, 6) is -1.05. The summed E-state index contributed by atoms with van der Waals surface area (Å²) < 4.78 is 21.2. The molecule has 0 unspecified atom stereocenters. The van der Waals surface area contributed by atoms with Crippen LogP contribution in [0.4, 0.5) is 10.1 Å². The van der Waals surface area contributed by atoms with E-state index in [1.54, 1.807) is 43.3 Å². The predicted octanol–water partition coefficient (Wildman–Crippen LogP) is 6.83. The zero-order valence-electron chi connectivity index (χ0n) is 23.2. The van der Waals surface area contributed by atoms with Gasteiger partial charge in [0.05, 0.1) is 17.2 Å². The Kier molecular flexibility index (Phi) is 7.05. The highest BCUT2D eigenvalue weighted by atomic mass is 35.5. The number of nitrogens with one attached hydrogen (secondary N) is 2. The van der Waals surface area contributed by atoms with Crippen molar-refractivity contribution in [2.45, 2.75) is 62.2 Å². The van der Waals surface area contributed by atoms with Gasteiger partial charge in [0, 0.05) is 46.9 Å². The first-order valence-electron chi connectivity index (χ1n) is 14.7. The number of nitrogens with zero attached hydrogens (tertiary/aromatic N) is 1. The van der Waals surface area contributed by atoms with Gasteiger partial charge in [0.15, 0.2) is 0 Å². The average molecular weight is 609 g/mol. The minimum absolute atomic E-state index is 0.00332. The molecule has 2 N–H and O–H groups in total. The number of fused-ring (bicyclic) bond motifs is 3. The van der Waals surface area contributed by atoms with Crippen molar-refractivity contribution in [2.75, 3.05) is 18.5 Å². The third kappa shape index (κ3) is 4.36.